The maximum atomic E-state index is 12.3. The molecule has 0 aliphatic rings. The van der Waals surface area contributed by atoms with Gasteiger partial charge in [0.2, 0.25) is 0 Å². The van der Waals surface area contributed by atoms with Gasteiger partial charge in [-0.15, -0.1) is 0 Å². The third-order valence-electron chi connectivity index (χ3n) is 3.91. The highest BCUT2D eigenvalue weighted by molar-refractivity contribution is 5.29. The summed E-state index contributed by atoms with van der Waals surface area (Å²) >= 11 is 0. The molecule has 3 aromatic rings. The average molecular weight is 320 g/mol. The van der Waals surface area contributed by atoms with Gasteiger partial charge >= 0.3 is 0 Å². The van der Waals surface area contributed by atoms with Gasteiger partial charge in [-0.1, -0.05) is 60.7 Å². The molecule has 1 heterocycles. The Morgan fingerprint density at radius 1 is 0.833 bits per heavy atom. The molecule has 122 valence electrons. The van der Waals surface area contributed by atoms with Crippen molar-refractivity contribution in [2.24, 2.45) is 0 Å². The molecule has 4 nitrogen and oxygen atoms in total. The molecular weight excluding hydrogens is 300 g/mol. The maximum absolute atomic E-state index is 12.3. The summed E-state index contributed by atoms with van der Waals surface area (Å²) in [5, 5.41) is 13.4. The molecule has 0 unspecified atom stereocenters. The predicted octanol–water partition coefficient (Wildman–Crippen LogP) is 2.89. The van der Waals surface area contributed by atoms with Crippen LogP contribution in [0.5, 0.6) is 5.75 Å². The van der Waals surface area contributed by atoms with E-state index in [2.05, 4.69) is 5.32 Å². The maximum Gasteiger partial charge on any atom is 0.293 e. The Kier molecular flexibility index (Phi) is 5.08. The van der Waals surface area contributed by atoms with Crippen LogP contribution in [0.3, 0.4) is 0 Å². The number of rotatable bonds is 6. The molecule has 0 saturated heterocycles. The fourth-order valence-electron chi connectivity index (χ4n) is 2.58. The van der Waals surface area contributed by atoms with Gasteiger partial charge in [-0.3, -0.25) is 4.79 Å². The Morgan fingerprint density at radius 3 is 2.12 bits per heavy atom. The molecule has 0 aliphatic heterocycles. The van der Waals surface area contributed by atoms with Crippen LogP contribution >= 0.6 is 0 Å². The molecule has 0 amide bonds. The van der Waals surface area contributed by atoms with Gasteiger partial charge in [-0.2, -0.15) is 0 Å². The van der Waals surface area contributed by atoms with E-state index in [0.29, 0.717) is 25.2 Å². The van der Waals surface area contributed by atoms with E-state index in [1.165, 1.54) is 4.57 Å². The standard InChI is InChI=1S/C20H20N2O2/c23-19-18(14-21-13-16-7-3-1-4-8-16)11-12-22(20(19)24)15-17-9-5-2-6-10-17/h1-12,21,23H,13-15H2. The number of benzene rings is 2. The highest BCUT2D eigenvalue weighted by Crippen LogP contribution is 2.12. The summed E-state index contributed by atoms with van der Waals surface area (Å²) < 4.78 is 1.52. The summed E-state index contributed by atoms with van der Waals surface area (Å²) in [6.07, 6.45) is 1.73. The van der Waals surface area contributed by atoms with Gasteiger partial charge in [0.25, 0.3) is 5.56 Å². The molecule has 0 radical (unpaired) electrons. The lowest BCUT2D eigenvalue weighted by Crippen LogP contribution is -2.22. The van der Waals surface area contributed by atoms with Crippen molar-refractivity contribution in [2.45, 2.75) is 19.6 Å². The summed E-state index contributed by atoms with van der Waals surface area (Å²) in [4.78, 5) is 12.3. The van der Waals surface area contributed by atoms with E-state index in [-0.39, 0.29) is 11.3 Å². The minimum Gasteiger partial charge on any atom is -0.503 e. The average Bonchev–Trinajstić information content (AvgIpc) is 2.63. The molecule has 0 aliphatic carbocycles. The normalized spacial score (nSPS) is 10.7. The van der Waals surface area contributed by atoms with Crippen molar-refractivity contribution in [3.8, 4) is 5.75 Å². The molecule has 0 bridgehead atoms. The summed E-state index contributed by atoms with van der Waals surface area (Å²) in [6, 6.07) is 21.5. The molecule has 0 spiro atoms. The Hall–Kier alpha value is -2.85. The Labute approximate surface area is 141 Å². The predicted molar refractivity (Wildman–Crippen MR) is 94.9 cm³/mol. The molecule has 0 fully saturated rings. The molecule has 0 saturated carbocycles. The van der Waals surface area contributed by atoms with E-state index in [0.717, 1.165) is 11.1 Å². The Morgan fingerprint density at radius 2 is 1.46 bits per heavy atom. The molecule has 3 rings (SSSR count). The highest BCUT2D eigenvalue weighted by atomic mass is 16.3. The molecule has 1 aromatic heterocycles. The minimum atomic E-state index is -0.363. The van der Waals surface area contributed by atoms with E-state index in [1.807, 2.05) is 60.7 Å². The van der Waals surface area contributed by atoms with Crippen LogP contribution in [0.25, 0.3) is 0 Å². The van der Waals surface area contributed by atoms with Crippen LogP contribution in [0.15, 0.2) is 77.7 Å². The van der Waals surface area contributed by atoms with Gasteiger partial charge in [-0.25, -0.2) is 0 Å². The van der Waals surface area contributed by atoms with Gasteiger partial charge in [0.15, 0.2) is 5.75 Å². The van der Waals surface area contributed by atoms with Crippen molar-refractivity contribution in [3.05, 3.63) is 100.0 Å². The van der Waals surface area contributed by atoms with Crippen molar-refractivity contribution < 1.29 is 5.11 Å². The van der Waals surface area contributed by atoms with E-state index >= 15 is 0 Å². The molecule has 2 aromatic carbocycles. The van der Waals surface area contributed by atoms with Crippen molar-refractivity contribution >= 4 is 0 Å². The summed E-state index contributed by atoms with van der Waals surface area (Å²) in [5.74, 6) is -0.186. The van der Waals surface area contributed by atoms with Gasteiger partial charge in [0.1, 0.15) is 0 Å². The largest absolute Gasteiger partial charge is 0.503 e. The van der Waals surface area contributed by atoms with Gasteiger partial charge in [0, 0.05) is 24.8 Å². The quantitative estimate of drug-likeness (QED) is 0.734. The van der Waals surface area contributed by atoms with E-state index in [1.54, 1.807) is 12.3 Å². The SMILES string of the molecule is O=c1c(O)c(CNCc2ccccc2)ccn1Cc1ccccc1. The van der Waals surface area contributed by atoms with Crippen molar-refractivity contribution in [2.75, 3.05) is 0 Å². The van der Waals surface area contributed by atoms with Crippen molar-refractivity contribution in [3.63, 3.8) is 0 Å². The van der Waals surface area contributed by atoms with E-state index in [9.17, 15) is 9.90 Å². The van der Waals surface area contributed by atoms with E-state index < -0.39 is 0 Å². The summed E-state index contributed by atoms with van der Waals surface area (Å²) in [7, 11) is 0. The zero-order chi connectivity index (χ0) is 16.8. The van der Waals surface area contributed by atoms with Crippen LogP contribution in [-0.4, -0.2) is 9.67 Å². The summed E-state index contributed by atoms with van der Waals surface area (Å²) in [6.45, 7) is 1.58. The molecule has 0 atom stereocenters. The first-order chi connectivity index (χ1) is 11.7. The fraction of sp³-hybridized carbons (Fsp3) is 0.150. The van der Waals surface area contributed by atoms with Crippen LogP contribution in [0.1, 0.15) is 16.7 Å². The number of hydrogen-bond acceptors (Lipinski definition) is 3. The van der Waals surface area contributed by atoms with Crippen LogP contribution in [0.2, 0.25) is 0 Å². The van der Waals surface area contributed by atoms with Crippen LogP contribution in [0, 0.1) is 0 Å². The minimum absolute atomic E-state index is 0.186. The molecule has 4 heteroatoms. The second-order valence-corrected chi connectivity index (χ2v) is 5.70. The van der Waals surface area contributed by atoms with Crippen molar-refractivity contribution in [1.82, 2.24) is 9.88 Å². The third-order valence-corrected chi connectivity index (χ3v) is 3.91. The molecule has 2 N–H and O–H groups in total. The monoisotopic (exact) mass is 320 g/mol. The lowest BCUT2D eigenvalue weighted by atomic mass is 10.2. The topological polar surface area (TPSA) is 54.3 Å². The van der Waals surface area contributed by atoms with Crippen molar-refractivity contribution in [1.29, 1.82) is 0 Å². The zero-order valence-corrected chi connectivity index (χ0v) is 13.4. The second-order valence-electron chi connectivity index (χ2n) is 5.70. The first-order valence-corrected chi connectivity index (χ1v) is 7.94. The Bertz CT molecular complexity index is 843. The van der Waals surface area contributed by atoms with Crippen LogP contribution in [0.4, 0.5) is 0 Å². The van der Waals surface area contributed by atoms with Gasteiger partial charge in [-0.05, 0) is 17.2 Å². The summed E-state index contributed by atoms with van der Waals surface area (Å²) in [5.41, 5.74) is 2.43. The lowest BCUT2D eigenvalue weighted by molar-refractivity contribution is 0.448. The second kappa shape index (κ2) is 7.62. The van der Waals surface area contributed by atoms with Crippen LogP contribution in [-0.2, 0) is 19.6 Å². The first-order valence-electron chi connectivity index (χ1n) is 7.94. The van der Waals surface area contributed by atoms with Gasteiger partial charge in [0.05, 0.1) is 6.54 Å². The fourth-order valence-corrected chi connectivity index (χ4v) is 2.58. The van der Waals surface area contributed by atoms with Gasteiger partial charge < -0.3 is 15.0 Å². The third kappa shape index (κ3) is 3.91. The number of aromatic hydroxyl groups is 1. The Balaban J connectivity index is 1.67. The first kappa shape index (κ1) is 16.0. The number of hydrogen-bond donors (Lipinski definition) is 2. The molecule has 24 heavy (non-hydrogen) atoms. The number of aromatic nitrogens is 1. The zero-order valence-electron chi connectivity index (χ0n) is 13.4. The highest BCUT2D eigenvalue weighted by Gasteiger charge is 2.09. The van der Waals surface area contributed by atoms with E-state index in [4.69, 9.17) is 0 Å². The number of nitrogens with zero attached hydrogens (tertiary/aromatic N) is 1. The molecular formula is C20H20N2O2. The number of nitrogens with one attached hydrogen (secondary N) is 1. The number of pyridine rings is 1. The lowest BCUT2D eigenvalue weighted by Gasteiger charge is -2.10. The smallest absolute Gasteiger partial charge is 0.293 e. The van der Waals surface area contributed by atoms with Crippen LogP contribution < -0.4 is 10.9 Å².